The highest BCUT2D eigenvalue weighted by atomic mass is 16.6. The molecule has 0 radical (unpaired) electrons. The van der Waals surface area contributed by atoms with Gasteiger partial charge in [0.15, 0.2) is 0 Å². The maximum absolute atomic E-state index is 11.4. The van der Waals surface area contributed by atoms with Gasteiger partial charge < -0.3 is 18.9 Å². The summed E-state index contributed by atoms with van der Waals surface area (Å²) in [4.78, 5) is 34.3. The van der Waals surface area contributed by atoms with Crippen molar-refractivity contribution in [3.05, 3.63) is 12.7 Å². The Morgan fingerprint density at radius 2 is 1.62 bits per heavy atom. The standard InChI is InChI=1S/C17H26O7/c1-6-7-13-16(22-11(3)18)10(2)17(23-12(4)19)14(24-13)8-9-15(20)21-5/h6,10,13-14,16-17H,1,7-9H2,2-5H3/t10-,13+,14+,16-,17+/m1/s1. The Kier molecular flexibility index (Phi) is 7.91. The Morgan fingerprint density at radius 3 is 2.08 bits per heavy atom. The van der Waals surface area contributed by atoms with Crippen LogP contribution in [0.3, 0.4) is 0 Å². The van der Waals surface area contributed by atoms with Crippen molar-refractivity contribution in [3.63, 3.8) is 0 Å². The summed E-state index contributed by atoms with van der Waals surface area (Å²) in [7, 11) is 1.31. The topological polar surface area (TPSA) is 88.1 Å². The summed E-state index contributed by atoms with van der Waals surface area (Å²) in [6.07, 6.45) is 0.578. The first kappa shape index (κ1) is 20.2. The van der Waals surface area contributed by atoms with Crippen LogP contribution in [0.5, 0.6) is 0 Å². The largest absolute Gasteiger partial charge is 0.469 e. The van der Waals surface area contributed by atoms with Gasteiger partial charge in [-0.3, -0.25) is 14.4 Å². The van der Waals surface area contributed by atoms with E-state index in [1.807, 2.05) is 6.92 Å². The van der Waals surface area contributed by atoms with Crippen LogP contribution in [0, 0.1) is 5.92 Å². The van der Waals surface area contributed by atoms with Gasteiger partial charge in [0.1, 0.15) is 12.2 Å². The van der Waals surface area contributed by atoms with E-state index < -0.39 is 36.4 Å². The smallest absolute Gasteiger partial charge is 0.305 e. The molecule has 1 fully saturated rings. The van der Waals surface area contributed by atoms with Crippen LogP contribution in [0.15, 0.2) is 12.7 Å². The van der Waals surface area contributed by atoms with Crippen LogP contribution in [0.4, 0.5) is 0 Å². The van der Waals surface area contributed by atoms with Crippen LogP contribution < -0.4 is 0 Å². The highest BCUT2D eigenvalue weighted by molar-refractivity contribution is 5.69. The summed E-state index contributed by atoms with van der Waals surface area (Å²) in [5, 5.41) is 0. The van der Waals surface area contributed by atoms with E-state index in [4.69, 9.17) is 14.2 Å². The fourth-order valence-electron chi connectivity index (χ4n) is 2.94. The minimum absolute atomic E-state index is 0.144. The van der Waals surface area contributed by atoms with Crippen molar-refractivity contribution in [3.8, 4) is 0 Å². The fraction of sp³-hybridized carbons (Fsp3) is 0.706. The zero-order valence-electron chi connectivity index (χ0n) is 14.7. The molecule has 1 saturated heterocycles. The maximum atomic E-state index is 11.4. The molecule has 7 heteroatoms. The van der Waals surface area contributed by atoms with E-state index in [2.05, 4.69) is 11.3 Å². The van der Waals surface area contributed by atoms with E-state index in [1.54, 1.807) is 6.08 Å². The number of ether oxygens (including phenoxy) is 4. The molecule has 0 aromatic carbocycles. The summed E-state index contributed by atoms with van der Waals surface area (Å²) in [5.41, 5.74) is 0. The first-order chi connectivity index (χ1) is 11.3. The molecule has 0 spiro atoms. The first-order valence-electron chi connectivity index (χ1n) is 7.97. The van der Waals surface area contributed by atoms with E-state index in [9.17, 15) is 14.4 Å². The molecular formula is C17H26O7. The Labute approximate surface area is 142 Å². The number of hydrogen-bond acceptors (Lipinski definition) is 7. The molecular weight excluding hydrogens is 316 g/mol. The normalized spacial score (nSPS) is 29.4. The van der Waals surface area contributed by atoms with Gasteiger partial charge in [0.05, 0.1) is 19.3 Å². The molecule has 1 aliphatic heterocycles. The average Bonchev–Trinajstić information content (AvgIpc) is 2.51. The molecule has 0 unspecified atom stereocenters. The van der Waals surface area contributed by atoms with E-state index in [1.165, 1.54) is 21.0 Å². The van der Waals surface area contributed by atoms with Crippen LogP contribution in [-0.2, 0) is 33.3 Å². The third-order valence-electron chi connectivity index (χ3n) is 3.98. The van der Waals surface area contributed by atoms with Crippen molar-refractivity contribution < 1.29 is 33.3 Å². The fourth-order valence-corrected chi connectivity index (χ4v) is 2.94. The van der Waals surface area contributed by atoms with Crippen molar-refractivity contribution in [1.82, 2.24) is 0 Å². The summed E-state index contributed by atoms with van der Waals surface area (Å²) in [6, 6.07) is 0. The summed E-state index contributed by atoms with van der Waals surface area (Å²) in [6.45, 7) is 8.16. The van der Waals surface area contributed by atoms with E-state index >= 15 is 0 Å². The number of carbonyl (C=O) groups excluding carboxylic acids is 3. The van der Waals surface area contributed by atoms with Gasteiger partial charge in [-0.25, -0.2) is 0 Å². The minimum Gasteiger partial charge on any atom is -0.469 e. The summed E-state index contributed by atoms with van der Waals surface area (Å²) < 4.78 is 21.4. The zero-order chi connectivity index (χ0) is 18.3. The summed E-state index contributed by atoms with van der Waals surface area (Å²) >= 11 is 0. The van der Waals surface area contributed by atoms with Gasteiger partial charge in [-0.2, -0.15) is 0 Å². The second-order valence-corrected chi connectivity index (χ2v) is 5.86. The van der Waals surface area contributed by atoms with Crippen molar-refractivity contribution in [2.24, 2.45) is 5.92 Å². The third kappa shape index (κ3) is 5.63. The van der Waals surface area contributed by atoms with E-state index in [0.29, 0.717) is 12.8 Å². The van der Waals surface area contributed by atoms with Gasteiger partial charge in [-0.15, -0.1) is 6.58 Å². The first-order valence-corrected chi connectivity index (χ1v) is 7.97. The molecule has 1 rings (SSSR count). The second-order valence-electron chi connectivity index (χ2n) is 5.86. The monoisotopic (exact) mass is 342 g/mol. The van der Waals surface area contributed by atoms with Crippen LogP contribution in [-0.4, -0.2) is 49.4 Å². The highest BCUT2D eigenvalue weighted by Crippen LogP contribution is 2.34. The van der Waals surface area contributed by atoms with Crippen molar-refractivity contribution in [2.45, 2.75) is 64.4 Å². The number of carbonyl (C=O) groups is 3. The molecule has 5 atom stereocenters. The lowest BCUT2D eigenvalue weighted by Crippen LogP contribution is -2.55. The molecule has 136 valence electrons. The molecule has 1 heterocycles. The minimum atomic E-state index is -0.613. The lowest BCUT2D eigenvalue weighted by Gasteiger charge is -2.44. The Balaban J connectivity index is 2.98. The van der Waals surface area contributed by atoms with Gasteiger partial charge in [0.2, 0.25) is 0 Å². The van der Waals surface area contributed by atoms with Crippen molar-refractivity contribution >= 4 is 17.9 Å². The molecule has 0 aliphatic carbocycles. The quantitative estimate of drug-likeness (QED) is 0.396. The lowest BCUT2D eigenvalue weighted by molar-refractivity contribution is -0.221. The van der Waals surface area contributed by atoms with E-state index in [-0.39, 0.29) is 18.3 Å². The molecule has 0 bridgehead atoms. The zero-order valence-corrected chi connectivity index (χ0v) is 14.7. The maximum Gasteiger partial charge on any atom is 0.305 e. The molecule has 0 N–H and O–H groups in total. The second kappa shape index (κ2) is 9.42. The van der Waals surface area contributed by atoms with Crippen LogP contribution in [0.1, 0.15) is 40.0 Å². The Hall–Kier alpha value is -1.89. The average molecular weight is 342 g/mol. The Bertz CT molecular complexity index is 474. The molecule has 0 amide bonds. The molecule has 7 nitrogen and oxygen atoms in total. The van der Waals surface area contributed by atoms with E-state index in [0.717, 1.165) is 0 Å². The molecule has 1 aliphatic rings. The SMILES string of the molecule is C=CC[C@@H]1O[C@@H](CCC(=O)OC)[C@@H](OC(C)=O)[C@H](C)[C@H]1OC(C)=O. The number of hydrogen-bond donors (Lipinski definition) is 0. The van der Waals surface area contributed by atoms with Crippen LogP contribution in [0.2, 0.25) is 0 Å². The number of methoxy groups -OCH3 is 1. The number of rotatable bonds is 7. The molecule has 0 aromatic heterocycles. The summed E-state index contributed by atoms with van der Waals surface area (Å²) in [5.74, 6) is -1.53. The molecule has 24 heavy (non-hydrogen) atoms. The molecule has 0 saturated carbocycles. The lowest BCUT2D eigenvalue weighted by atomic mass is 9.84. The van der Waals surface area contributed by atoms with Crippen LogP contribution in [0.25, 0.3) is 0 Å². The predicted octanol–water partition coefficient (Wildman–Crippen LogP) is 1.78. The highest BCUT2D eigenvalue weighted by Gasteiger charge is 2.46. The van der Waals surface area contributed by atoms with Crippen molar-refractivity contribution in [2.75, 3.05) is 7.11 Å². The molecule has 0 aromatic rings. The van der Waals surface area contributed by atoms with Gasteiger partial charge in [-0.1, -0.05) is 13.0 Å². The van der Waals surface area contributed by atoms with Gasteiger partial charge in [-0.05, 0) is 12.8 Å². The number of esters is 3. The predicted molar refractivity (Wildman–Crippen MR) is 85.0 cm³/mol. The van der Waals surface area contributed by atoms with Gasteiger partial charge in [0, 0.05) is 26.2 Å². The third-order valence-corrected chi connectivity index (χ3v) is 3.98. The van der Waals surface area contributed by atoms with Crippen LogP contribution >= 0.6 is 0 Å². The van der Waals surface area contributed by atoms with Gasteiger partial charge in [0.25, 0.3) is 0 Å². The Morgan fingerprint density at radius 1 is 1.08 bits per heavy atom. The van der Waals surface area contributed by atoms with Crippen molar-refractivity contribution in [1.29, 1.82) is 0 Å². The van der Waals surface area contributed by atoms with Gasteiger partial charge >= 0.3 is 17.9 Å².